The molecule has 0 saturated heterocycles. The van der Waals surface area contributed by atoms with E-state index < -0.39 is 0 Å². The van der Waals surface area contributed by atoms with Crippen molar-refractivity contribution >= 4 is 34.1 Å². The first-order valence-corrected chi connectivity index (χ1v) is 5.58. The van der Waals surface area contributed by atoms with E-state index in [4.69, 9.17) is 4.74 Å². The average molecular weight is 228 g/mol. The molecule has 74 valence electrons. The Morgan fingerprint density at radius 2 is 2.36 bits per heavy atom. The Kier molecular flexibility index (Phi) is 2.65. The fourth-order valence-corrected chi connectivity index (χ4v) is 2.36. The summed E-state index contributed by atoms with van der Waals surface area (Å²) in [5.41, 5.74) is 0. The van der Waals surface area contributed by atoms with E-state index in [2.05, 4.69) is 12.6 Å². The lowest BCUT2D eigenvalue weighted by atomic mass is 10.2. The van der Waals surface area contributed by atoms with Crippen LogP contribution in [0, 0.1) is 5.82 Å². The van der Waals surface area contributed by atoms with Crippen LogP contribution in [0.25, 0.3) is 10.1 Å². The second-order valence-electron chi connectivity index (χ2n) is 2.80. The third-order valence-corrected chi connectivity index (χ3v) is 3.22. The van der Waals surface area contributed by atoms with Crippen molar-refractivity contribution in [3.63, 3.8) is 0 Å². The second kappa shape index (κ2) is 3.79. The largest absolute Gasteiger partial charge is 0.493 e. The molecule has 0 aliphatic rings. The normalized spacial score (nSPS) is 10.8. The van der Waals surface area contributed by atoms with Gasteiger partial charge in [0.05, 0.1) is 11.5 Å². The number of rotatable bonds is 2. The second-order valence-corrected chi connectivity index (χ2v) is 4.20. The van der Waals surface area contributed by atoms with Gasteiger partial charge in [0, 0.05) is 10.1 Å². The van der Waals surface area contributed by atoms with Crippen molar-refractivity contribution in [2.24, 2.45) is 0 Å². The molecule has 0 saturated carbocycles. The molecule has 0 unspecified atom stereocenters. The van der Waals surface area contributed by atoms with Crippen molar-refractivity contribution in [3.8, 4) is 5.75 Å². The number of ether oxygens (including phenoxy) is 1. The van der Waals surface area contributed by atoms with Crippen molar-refractivity contribution in [1.29, 1.82) is 0 Å². The molecule has 0 N–H and O–H groups in total. The van der Waals surface area contributed by atoms with Gasteiger partial charge in [-0.2, -0.15) is 0 Å². The van der Waals surface area contributed by atoms with Gasteiger partial charge in [-0.15, -0.1) is 24.0 Å². The highest BCUT2D eigenvalue weighted by atomic mass is 32.1. The first-order chi connectivity index (χ1) is 6.74. The maximum Gasteiger partial charge on any atom is 0.148 e. The summed E-state index contributed by atoms with van der Waals surface area (Å²) in [6, 6.07) is 3.58. The predicted molar refractivity (Wildman–Crippen MR) is 60.2 cm³/mol. The fraction of sp³-hybridized carbons (Fsp3) is 0.200. The number of benzene rings is 1. The molecule has 0 fully saturated rings. The topological polar surface area (TPSA) is 9.23 Å². The van der Waals surface area contributed by atoms with E-state index in [1.165, 1.54) is 11.3 Å². The van der Waals surface area contributed by atoms with Crippen molar-refractivity contribution in [2.45, 2.75) is 11.8 Å². The number of thiol groups is 1. The standard InChI is InChI=1S/C10H9FOS2/c1-2-12-7-5-8-6(3-4-14-8)9(11)10(7)13/h3-5,13H,2H2,1H3. The van der Waals surface area contributed by atoms with Gasteiger partial charge in [0.1, 0.15) is 11.6 Å². The monoisotopic (exact) mass is 228 g/mol. The highest BCUT2D eigenvalue weighted by Gasteiger charge is 2.11. The van der Waals surface area contributed by atoms with Crippen LogP contribution >= 0.6 is 24.0 Å². The van der Waals surface area contributed by atoms with E-state index in [1.54, 1.807) is 6.07 Å². The third-order valence-electron chi connectivity index (χ3n) is 1.93. The van der Waals surface area contributed by atoms with Crippen LogP contribution in [0.1, 0.15) is 6.92 Å². The fourth-order valence-electron chi connectivity index (χ4n) is 1.30. The molecular formula is C10H9FOS2. The van der Waals surface area contributed by atoms with Gasteiger partial charge >= 0.3 is 0 Å². The quantitative estimate of drug-likeness (QED) is 0.771. The smallest absolute Gasteiger partial charge is 0.148 e. The first kappa shape index (κ1) is 9.80. The molecule has 14 heavy (non-hydrogen) atoms. The van der Waals surface area contributed by atoms with Crippen LogP contribution in [-0.4, -0.2) is 6.61 Å². The summed E-state index contributed by atoms with van der Waals surface area (Å²) in [5, 5.41) is 2.47. The van der Waals surface area contributed by atoms with Crippen LogP contribution in [0.4, 0.5) is 4.39 Å². The van der Waals surface area contributed by atoms with E-state index in [0.717, 1.165) is 4.70 Å². The number of hydrogen-bond acceptors (Lipinski definition) is 3. The lowest BCUT2D eigenvalue weighted by Crippen LogP contribution is -1.94. The highest BCUT2D eigenvalue weighted by molar-refractivity contribution is 7.80. The molecular weight excluding hydrogens is 219 g/mol. The van der Waals surface area contributed by atoms with Gasteiger partial charge in [-0.25, -0.2) is 4.39 Å². The predicted octanol–water partition coefficient (Wildman–Crippen LogP) is 3.73. The lowest BCUT2D eigenvalue weighted by molar-refractivity contribution is 0.329. The number of halogens is 1. The minimum atomic E-state index is -0.296. The molecule has 0 aliphatic carbocycles. The molecule has 0 aliphatic heterocycles. The van der Waals surface area contributed by atoms with E-state index in [-0.39, 0.29) is 10.7 Å². The van der Waals surface area contributed by atoms with Gasteiger partial charge in [0.15, 0.2) is 0 Å². The third kappa shape index (κ3) is 1.48. The van der Waals surface area contributed by atoms with E-state index in [1.807, 2.05) is 18.4 Å². The van der Waals surface area contributed by atoms with Crippen LogP contribution < -0.4 is 4.74 Å². The highest BCUT2D eigenvalue weighted by Crippen LogP contribution is 2.34. The molecule has 4 heteroatoms. The Morgan fingerprint density at radius 3 is 3.07 bits per heavy atom. The van der Waals surface area contributed by atoms with Gasteiger partial charge in [-0.3, -0.25) is 0 Å². The van der Waals surface area contributed by atoms with Crippen LogP contribution in [0.15, 0.2) is 22.4 Å². The summed E-state index contributed by atoms with van der Waals surface area (Å²) >= 11 is 5.60. The molecule has 1 aromatic carbocycles. The summed E-state index contributed by atoms with van der Waals surface area (Å²) < 4.78 is 19.8. The minimum absolute atomic E-state index is 0.290. The van der Waals surface area contributed by atoms with E-state index in [0.29, 0.717) is 17.7 Å². The number of hydrogen-bond donors (Lipinski definition) is 1. The summed E-state index contributed by atoms with van der Waals surface area (Å²) in [5.74, 6) is 0.221. The lowest BCUT2D eigenvalue weighted by Gasteiger charge is -2.07. The molecule has 1 nitrogen and oxygen atoms in total. The minimum Gasteiger partial charge on any atom is -0.493 e. The molecule has 2 aromatic rings. The van der Waals surface area contributed by atoms with Gasteiger partial charge in [-0.05, 0) is 24.4 Å². The molecule has 1 heterocycles. The van der Waals surface area contributed by atoms with E-state index in [9.17, 15) is 4.39 Å². The van der Waals surface area contributed by atoms with Gasteiger partial charge in [-0.1, -0.05) is 0 Å². The molecule has 0 spiro atoms. The van der Waals surface area contributed by atoms with Crippen LogP contribution in [0.3, 0.4) is 0 Å². The molecule has 0 amide bonds. The zero-order valence-electron chi connectivity index (χ0n) is 7.58. The molecule has 1 aromatic heterocycles. The Morgan fingerprint density at radius 1 is 1.57 bits per heavy atom. The van der Waals surface area contributed by atoms with Crippen LogP contribution in [-0.2, 0) is 0 Å². The summed E-state index contributed by atoms with van der Waals surface area (Å²) in [6.45, 7) is 2.38. The van der Waals surface area contributed by atoms with Gasteiger partial charge < -0.3 is 4.74 Å². The summed E-state index contributed by atoms with van der Waals surface area (Å²) in [6.07, 6.45) is 0. The zero-order chi connectivity index (χ0) is 10.1. The molecule has 0 radical (unpaired) electrons. The van der Waals surface area contributed by atoms with Crippen LogP contribution in [0.5, 0.6) is 5.75 Å². The Hall–Kier alpha value is -0.740. The van der Waals surface area contributed by atoms with E-state index >= 15 is 0 Å². The van der Waals surface area contributed by atoms with Crippen molar-refractivity contribution < 1.29 is 9.13 Å². The Balaban J connectivity index is 2.67. The maximum atomic E-state index is 13.7. The van der Waals surface area contributed by atoms with Gasteiger partial charge in [0.2, 0.25) is 0 Å². The Labute approximate surface area is 90.9 Å². The van der Waals surface area contributed by atoms with Crippen molar-refractivity contribution in [1.82, 2.24) is 0 Å². The summed E-state index contributed by atoms with van der Waals surface area (Å²) in [7, 11) is 0. The number of fused-ring (bicyclic) bond motifs is 1. The Bertz CT molecular complexity index is 464. The average Bonchev–Trinajstić information content (AvgIpc) is 2.62. The molecule has 2 rings (SSSR count). The summed E-state index contributed by atoms with van der Waals surface area (Å²) in [4.78, 5) is 0.290. The zero-order valence-corrected chi connectivity index (χ0v) is 9.29. The number of thiophene rings is 1. The SMILES string of the molecule is CCOc1cc2sccc2c(F)c1S. The van der Waals surface area contributed by atoms with Crippen molar-refractivity contribution in [2.75, 3.05) is 6.61 Å². The van der Waals surface area contributed by atoms with Crippen molar-refractivity contribution in [3.05, 3.63) is 23.3 Å². The maximum absolute atomic E-state index is 13.7. The first-order valence-electron chi connectivity index (χ1n) is 4.25. The van der Waals surface area contributed by atoms with Gasteiger partial charge in [0.25, 0.3) is 0 Å². The van der Waals surface area contributed by atoms with Crippen LogP contribution in [0.2, 0.25) is 0 Å². The molecule has 0 bridgehead atoms. The molecule has 0 atom stereocenters.